The number of fused-ring (bicyclic) bond motifs is 1. The van der Waals surface area contributed by atoms with Crippen LogP contribution in [0.25, 0.3) is 0 Å². The molecule has 33 heavy (non-hydrogen) atoms. The first-order valence-electron chi connectivity index (χ1n) is 9.99. The SMILES string of the molecule is COc1ccccc1NS(=O)(=O)c1cc(C(=O)NCc2ccc3c(c2)OCCO3)ccc1F. The number of methoxy groups -OCH3 is 1. The lowest BCUT2D eigenvalue weighted by Crippen LogP contribution is -2.24. The molecule has 1 heterocycles. The Bertz CT molecular complexity index is 1300. The van der Waals surface area contributed by atoms with Gasteiger partial charge in [0.25, 0.3) is 15.9 Å². The number of halogens is 1. The molecule has 1 amide bonds. The fraction of sp³-hybridized carbons (Fsp3) is 0.174. The maximum atomic E-state index is 14.4. The summed E-state index contributed by atoms with van der Waals surface area (Å²) >= 11 is 0. The monoisotopic (exact) mass is 472 g/mol. The van der Waals surface area contributed by atoms with E-state index >= 15 is 0 Å². The zero-order valence-electron chi connectivity index (χ0n) is 17.6. The van der Waals surface area contributed by atoms with E-state index in [1.807, 2.05) is 0 Å². The van der Waals surface area contributed by atoms with Crippen LogP contribution in [0.15, 0.2) is 65.6 Å². The molecule has 2 N–H and O–H groups in total. The van der Waals surface area contributed by atoms with E-state index in [0.29, 0.717) is 24.7 Å². The Morgan fingerprint density at radius 2 is 1.79 bits per heavy atom. The predicted molar refractivity (Wildman–Crippen MR) is 119 cm³/mol. The minimum absolute atomic E-state index is 0.00524. The molecule has 0 spiro atoms. The van der Waals surface area contributed by atoms with Gasteiger partial charge in [-0.1, -0.05) is 18.2 Å². The second kappa shape index (κ2) is 9.37. The molecular formula is C23H21FN2O6S. The van der Waals surface area contributed by atoms with Gasteiger partial charge < -0.3 is 19.5 Å². The summed E-state index contributed by atoms with van der Waals surface area (Å²) in [5, 5.41) is 2.70. The van der Waals surface area contributed by atoms with Crippen LogP contribution in [0.5, 0.6) is 17.2 Å². The van der Waals surface area contributed by atoms with E-state index in [4.69, 9.17) is 14.2 Å². The van der Waals surface area contributed by atoms with E-state index in [2.05, 4.69) is 10.0 Å². The standard InChI is InChI=1S/C23H21FN2O6S/c1-30-19-5-3-2-4-18(19)26-33(28,29)22-13-16(7-8-17(22)24)23(27)25-14-15-6-9-20-21(12-15)32-11-10-31-20/h2-9,12-13,26H,10-11,14H2,1H3,(H,25,27). The first-order chi connectivity index (χ1) is 15.9. The summed E-state index contributed by atoms with van der Waals surface area (Å²) in [6.45, 7) is 1.08. The molecule has 3 aromatic carbocycles. The summed E-state index contributed by atoms with van der Waals surface area (Å²) in [5.41, 5.74) is 0.905. The van der Waals surface area contributed by atoms with Gasteiger partial charge in [-0.3, -0.25) is 9.52 Å². The Morgan fingerprint density at radius 1 is 1.03 bits per heavy atom. The van der Waals surface area contributed by atoms with Crippen LogP contribution in [0.4, 0.5) is 10.1 Å². The molecule has 0 unspecified atom stereocenters. The van der Waals surface area contributed by atoms with Crippen molar-refractivity contribution < 1.29 is 31.8 Å². The van der Waals surface area contributed by atoms with Crippen molar-refractivity contribution in [3.05, 3.63) is 77.6 Å². The van der Waals surface area contributed by atoms with Crippen molar-refractivity contribution >= 4 is 21.6 Å². The number of sulfonamides is 1. The van der Waals surface area contributed by atoms with Crippen molar-refractivity contribution in [3.8, 4) is 17.2 Å². The van der Waals surface area contributed by atoms with Crippen LogP contribution in [0.1, 0.15) is 15.9 Å². The molecule has 3 aromatic rings. The first-order valence-corrected chi connectivity index (χ1v) is 11.5. The minimum atomic E-state index is -4.33. The van der Waals surface area contributed by atoms with Crippen molar-refractivity contribution in [2.75, 3.05) is 25.0 Å². The van der Waals surface area contributed by atoms with Gasteiger partial charge in [0.1, 0.15) is 29.7 Å². The number of hydrogen-bond acceptors (Lipinski definition) is 6. The number of para-hydroxylation sites is 2. The van der Waals surface area contributed by atoms with Crippen LogP contribution in [0, 0.1) is 5.82 Å². The Hall–Kier alpha value is -3.79. The third-order valence-corrected chi connectivity index (χ3v) is 6.27. The predicted octanol–water partition coefficient (Wildman–Crippen LogP) is 3.34. The number of benzene rings is 3. The van der Waals surface area contributed by atoms with Gasteiger partial charge in [-0.2, -0.15) is 0 Å². The van der Waals surface area contributed by atoms with Gasteiger partial charge in [0.2, 0.25) is 0 Å². The number of rotatable bonds is 7. The van der Waals surface area contributed by atoms with Crippen LogP contribution in [0.3, 0.4) is 0 Å². The maximum Gasteiger partial charge on any atom is 0.264 e. The number of amides is 1. The summed E-state index contributed by atoms with van der Waals surface area (Å²) in [6, 6.07) is 14.8. The van der Waals surface area contributed by atoms with Gasteiger partial charge in [-0.05, 0) is 48.0 Å². The second-order valence-electron chi connectivity index (χ2n) is 7.11. The molecule has 10 heteroatoms. The van der Waals surface area contributed by atoms with Gasteiger partial charge in [0, 0.05) is 12.1 Å². The Kier molecular flexibility index (Phi) is 6.36. The van der Waals surface area contributed by atoms with Gasteiger partial charge in [0.15, 0.2) is 11.5 Å². The summed E-state index contributed by atoms with van der Waals surface area (Å²) < 4.78 is 58.5. The highest BCUT2D eigenvalue weighted by Crippen LogP contribution is 2.31. The number of hydrogen-bond donors (Lipinski definition) is 2. The van der Waals surface area contributed by atoms with E-state index < -0.39 is 26.6 Å². The van der Waals surface area contributed by atoms with Crippen LogP contribution in [-0.4, -0.2) is 34.6 Å². The zero-order valence-corrected chi connectivity index (χ0v) is 18.4. The Morgan fingerprint density at radius 3 is 2.58 bits per heavy atom. The van der Waals surface area contributed by atoms with Crippen molar-refractivity contribution in [1.82, 2.24) is 5.32 Å². The smallest absolute Gasteiger partial charge is 0.264 e. The van der Waals surface area contributed by atoms with Gasteiger partial charge >= 0.3 is 0 Å². The highest BCUT2D eigenvalue weighted by molar-refractivity contribution is 7.92. The Labute approximate surface area is 190 Å². The van der Waals surface area contributed by atoms with E-state index in [9.17, 15) is 17.6 Å². The zero-order chi connectivity index (χ0) is 23.4. The van der Waals surface area contributed by atoms with Gasteiger partial charge in [0.05, 0.1) is 12.8 Å². The van der Waals surface area contributed by atoms with Crippen molar-refractivity contribution in [1.29, 1.82) is 0 Å². The molecule has 0 bridgehead atoms. The highest BCUT2D eigenvalue weighted by Gasteiger charge is 2.23. The average molecular weight is 472 g/mol. The maximum absolute atomic E-state index is 14.4. The van der Waals surface area contributed by atoms with Crippen molar-refractivity contribution in [2.24, 2.45) is 0 Å². The normalized spacial score (nSPS) is 12.7. The fourth-order valence-corrected chi connectivity index (χ4v) is 4.44. The topological polar surface area (TPSA) is 103 Å². The van der Waals surface area contributed by atoms with Gasteiger partial charge in [-0.15, -0.1) is 0 Å². The van der Waals surface area contributed by atoms with E-state index in [1.165, 1.54) is 19.2 Å². The van der Waals surface area contributed by atoms with Crippen LogP contribution >= 0.6 is 0 Å². The van der Waals surface area contributed by atoms with Gasteiger partial charge in [-0.25, -0.2) is 12.8 Å². The second-order valence-corrected chi connectivity index (χ2v) is 8.76. The summed E-state index contributed by atoms with van der Waals surface area (Å²) in [5.74, 6) is -0.0490. The molecule has 8 nitrogen and oxygen atoms in total. The average Bonchev–Trinajstić information content (AvgIpc) is 2.82. The van der Waals surface area contributed by atoms with E-state index in [0.717, 1.165) is 17.7 Å². The van der Waals surface area contributed by atoms with E-state index in [1.54, 1.807) is 36.4 Å². The van der Waals surface area contributed by atoms with Crippen molar-refractivity contribution in [2.45, 2.75) is 11.4 Å². The number of anilines is 1. The molecule has 0 atom stereocenters. The summed E-state index contributed by atoms with van der Waals surface area (Å²) in [4.78, 5) is 12.0. The number of carbonyl (C=O) groups excluding carboxylic acids is 1. The summed E-state index contributed by atoms with van der Waals surface area (Å²) in [6.07, 6.45) is 0. The third kappa shape index (κ3) is 5.01. The molecule has 0 saturated heterocycles. The molecule has 1 aliphatic heterocycles. The third-order valence-electron chi connectivity index (χ3n) is 4.89. The molecule has 172 valence electrons. The number of nitrogens with one attached hydrogen (secondary N) is 2. The fourth-order valence-electron chi connectivity index (χ4n) is 3.26. The lowest BCUT2D eigenvalue weighted by Gasteiger charge is -2.19. The highest BCUT2D eigenvalue weighted by atomic mass is 32.2. The van der Waals surface area contributed by atoms with Crippen LogP contribution < -0.4 is 24.2 Å². The molecule has 0 aromatic heterocycles. The quantitative estimate of drug-likeness (QED) is 0.547. The minimum Gasteiger partial charge on any atom is -0.495 e. The van der Waals surface area contributed by atoms with Crippen molar-refractivity contribution in [3.63, 3.8) is 0 Å². The molecular weight excluding hydrogens is 451 g/mol. The molecule has 0 fully saturated rings. The molecule has 0 aliphatic carbocycles. The molecule has 0 saturated carbocycles. The van der Waals surface area contributed by atoms with E-state index in [-0.39, 0.29) is 23.5 Å². The van der Waals surface area contributed by atoms with Crippen LogP contribution in [-0.2, 0) is 16.6 Å². The Balaban J connectivity index is 1.51. The first kappa shape index (κ1) is 22.4. The summed E-state index contributed by atoms with van der Waals surface area (Å²) in [7, 11) is -2.94. The molecule has 0 radical (unpaired) electrons. The number of carbonyl (C=O) groups is 1. The molecule has 4 rings (SSSR count). The number of ether oxygens (including phenoxy) is 3. The lowest BCUT2D eigenvalue weighted by molar-refractivity contribution is 0.0950. The largest absolute Gasteiger partial charge is 0.495 e. The lowest BCUT2D eigenvalue weighted by atomic mass is 10.1. The van der Waals surface area contributed by atoms with Crippen LogP contribution in [0.2, 0.25) is 0 Å². The molecule has 1 aliphatic rings.